The fourth-order valence-electron chi connectivity index (χ4n) is 2.43. The largest absolute Gasteiger partial charge is 0.322 e. The number of hydrogen-bond acceptors (Lipinski definition) is 2. The Morgan fingerprint density at radius 1 is 1.19 bits per heavy atom. The molecule has 1 aliphatic heterocycles. The zero-order valence-electron chi connectivity index (χ0n) is 12.1. The van der Waals surface area contributed by atoms with Crippen LogP contribution in [-0.4, -0.2) is 32.4 Å². The lowest BCUT2D eigenvalue weighted by molar-refractivity contribution is -0.856. The number of hydrogen-bond donors (Lipinski definition) is 1. The van der Waals surface area contributed by atoms with Crippen molar-refractivity contribution < 1.29 is 14.7 Å². The van der Waals surface area contributed by atoms with Crippen molar-refractivity contribution >= 4 is 23.0 Å². The van der Waals surface area contributed by atoms with Gasteiger partial charge in [0.2, 0.25) is 0 Å². The zero-order chi connectivity index (χ0) is 14.8. The molecule has 3 rings (SSSR count). The predicted molar refractivity (Wildman–Crippen MR) is 80.8 cm³/mol. The molecule has 1 aromatic heterocycles. The van der Waals surface area contributed by atoms with Crippen molar-refractivity contribution in [3.05, 3.63) is 54.4 Å². The summed E-state index contributed by atoms with van der Waals surface area (Å²) in [6.45, 7) is 0.621. The summed E-state index contributed by atoms with van der Waals surface area (Å²) >= 11 is 0. The van der Waals surface area contributed by atoms with Crippen molar-refractivity contribution in [2.45, 2.75) is 0 Å². The van der Waals surface area contributed by atoms with Gasteiger partial charge in [-0.15, -0.1) is 0 Å². The highest BCUT2D eigenvalue weighted by atomic mass is 16.2. The first-order chi connectivity index (χ1) is 10.2. The van der Waals surface area contributed by atoms with Crippen LogP contribution < -0.4 is 14.8 Å². The number of para-hydroxylation sites is 1. The van der Waals surface area contributed by atoms with E-state index in [4.69, 9.17) is 0 Å². The normalized spacial score (nSPS) is 15.9. The summed E-state index contributed by atoms with van der Waals surface area (Å²) in [5, 5.41) is 0. The maximum Gasteiger partial charge on any atom is 0.281 e. The summed E-state index contributed by atoms with van der Waals surface area (Å²) in [5.74, 6) is -0.0405. The van der Waals surface area contributed by atoms with Crippen LogP contribution in [0.5, 0.6) is 0 Å². The molecule has 0 bridgehead atoms. The Labute approximate surface area is 123 Å². The molecule has 1 aromatic carbocycles. The van der Waals surface area contributed by atoms with E-state index < -0.39 is 0 Å². The average molecular weight is 282 g/mol. The van der Waals surface area contributed by atoms with Crippen LogP contribution in [0.2, 0.25) is 0 Å². The number of carbonyl (C=O) groups excluding carboxylic acids is 1. The van der Waals surface area contributed by atoms with Crippen molar-refractivity contribution in [2.75, 3.05) is 25.7 Å². The summed E-state index contributed by atoms with van der Waals surface area (Å²) in [7, 11) is 4.05. The molecule has 1 amide bonds. The number of aliphatic imine (C=N–C) groups is 1. The lowest BCUT2D eigenvalue weighted by Gasteiger charge is -2.18. The number of quaternary nitrogens is 1. The molecule has 106 valence electrons. The Bertz CT molecular complexity index is 694. The molecule has 0 atom stereocenters. The van der Waals surface area contributed by atoms with E-state index in [1.165, 1.54) is 4.90 Å². The van der Waals surface area contributed by atoms with Gasteiger partial charge in [0.25, 0.3) is 5.91 Å². The van der Waals surface area contributed by atoms with E-state index >= 15 is 0 Å². The molecule has 0 unspecified atom stereocenters. The standard InChI is InChI=1S/C16H16N4O/c1-19(2)11-20-14-8-4-3-7-13(14)15(16(20)21)18-12-6-5-9-17-10-12/h3-10H,11H2,1-2H3/p+2. The Hall–Kier alpha value is -2.53. The van der Waals surface area contributed by atoms with Gasteiger partial charge in [-0.3, -0.25) is 9.69 Å². The van der Waals surface area contributed by atoms with E-state index in [-0.39, 0.29) is 5.91 Å². The van der Waals surface area contributed by atoms with Gasteiger partial charge in [0.1, 0.15) is 11.4 Å². The number of nitrogens with zero attached hydrogens (tertiary/aromatic N) is 2. The Kier molecular flexibility index (Phi) is 3.50. The smallest absolute Gasteiger partial charge is 0.281 e. The molecular weight excluding hydrogens is 264 g/mol. The van der Waals surface area contributed by atoms with E-state index in [1.54, 1.807) is 11.1 Å². The molecule has 1 aliphatic rings. The van der Waals surface area contributed by atoms with Crippen molar-refractivity contribution in [2.24, 2.45) is 4.99 Å². The van der Waals surface area contributed by atoms with E-state index in [0.717, 1.165) is 16.9 Å². The number of pyridine rings is 1. The van der Waals surface area contributed by atoms with E-state index in [1.807, 2.05) is 56.7 Å². The number of anilines is 1. The lowest BCUT2D eigenvalue weighted by Crippen LogP contribution is -3.07. The number of benzene rings is 1. The van der Waals surface area contributed by atoms with Crippen LogP contribution in [0, 0.1) is 0 Å². The number of fused-ring (bicyclic) bond motifs is 1. The van der Waals surface area contributed by atoms with E-state index in [9.17, 15) is 4.79 Å². The zero-order valence-corrected chi connectivity index (χ0v) is 12.1. The van der Waals surface area contributed by atoms with Crippen molar-refractivity contribution in [1.82, 2.24) is 0 Å². The second-order valence-corrected chi connectivity index (χ2v) is 5.34. The maximum absolute atomic E-state index is 12.7. The molecule has 2 heterocycles. The SMILES string of the molecule is C[NH+](C)CN1C(=O)C(=Nc2ccc[nH+]c2)c2ccccc21. The van der Waals surface area contributed by atoms with Gasteiger partial charge in [0, 0.05) is 11.6 Å². The molecular formula is C16H18N4O+2. The van der Waals surface area contributed by atoms with Gasteiger partial charge in [-0.1, -0.05) is 18.2 Å². The van der Waals surface area contributed by atoms with Crippen LogP contribution in [0.4, 0.5) is 11.4 Å². The number of aromatic nitrogens is 1. The van der Waals surface area contributed by atoms with Gasteiger partial charge in [-0.25, -0.2) is 9.98 Å². The van der Waals surface area contributed by atoms with Crippen molar-refractivity contribution in [1.29, 1.82) is 0 Å². The van der Waals surface area contributed by atoms with Crippen LogP contribution in [0.15, 0.2) is 53.8 Å². The fraction of sp³-hybridized carbons (Fsp3) is 0.188. The number of H-pyrrole nitrogens is 1. The molecule has 21 heavy (non-hydrogen) atoms. The highest BCUT2D eigenvalue weighted by Gasteiger charge is 2.35. The molecule has 0 aliphatic carbocycles. The van der Waals surface area contributed by atoms with Crippen LogP contribution in [0.3, 0.4) is 0 Å². The topological polar surface area (TPSA) is 51.2 Å². The minimum Gasteiger partial charge on any atom is -0.322 e. The Morgan fingerprint density at radius 2 is 2.00 bits per heavy atom. The monoisotopic (exact) mass is 282 g/mol. The quantitative estimate of drug-likeness (QED) is 0.851. The van der Waals surface area contributed by atoms with Gasteiger partial charge in [0.05, 0.1) is 19.8 Å². The number of aromatic amines is 1. The summed E-state index contributed by atoms with van der Waals surface area (Å²) < 4.78 is 0. The second kappa shape index (κ2) is 5.46. The molecule has 0 fully saturated rings. The fourth-order valence-corrected chi connectivity index (χ4v) is 2.43. The summed E-state index contributed by atoms with van der Waals surface area (Å²) in [5.41, 5.74) is 3.08. The molecule has 0 radical (unpaired) electrons. The van der Waals surface area contributed by atoms with Gasteiger partial charge >= 0.3 is 0 Å². The summed E-state index contributed by atoms with van der Waals surface area (Å²) in [4.78, 5) is 23.2. The van der Waals surface area contributed by atoms with Crippen LogP contribution in [0.1, 0.15) is 5.56 Å². The molecule has 2 aromatic rings. The Morgan fingerprint density at radius 3 is 2.71 bits per heavy atom. The average Bonchev–Trinajstić information content (AvgIpc) is 2.74. The van der Waals surface area contributed by atoms with Crippen molar-refractivity contribution in [3.8, 4) is 0 Å². The third-order valence-electron chi connectivity index (χ3n) is 3.30. The second-order valence-electron chi connectivity index (χ2n) is 5.34. The highest BCUT2D eigenvalue weighted by molar-refractivity contribution is 6.54. The summed E-state index contributed by atoms with van der Waals surface area (Å²) in [6, 6.07) is 11.5. The first-order valence-corrected chi connectivity index (χ1v) is 6.92. The molecule has 2 N–H and O–H groups in total. The molecule has 5 heteroatoms. The molecule has 0 saturated heterocycles. The van der Waals surface area contributed by atoms with Gasteiger partial charge in [-0.05, 0) is 12.1 Å². The first-order valence-electron chi connectivity index (χ1n) is 6.92. The van der Waals surface area contributed by atoms with Crippen molar-refractivity contribution in [3.63, 3.8) is 0 Å². The van der Waals surface area contributed by atoms with Crippen LogP contribution in [-0.2, 0) is 4.79 Å². The highest BCUT2D eigenvalue weighted by Crippen LogP contribution is 2.29. The molecule has 0 spiro atoms. The Balaban J connectivity index is 2.07. The minimum atomic E-state index is -0.0405. The van der Waals surface area contributed by atoms with Crippen LogP contribution >= 0.6 is 0 Å². The van der Waals surface area contributed by atoms with Gasteiger partial charge in [0.15, 0.2) is 19.1 Å². The summed E-state index contributed by atoms with van der Waals surface area (Å²) in [6.07, 6.45) is 3.60. The van der Waals surface area contributed by atoms with E-state index in [0.29, 0.717) is 12.4 Å². The minimum absolute atomic E-state index is 0.0405. The number of rotatable bonds is 3. The maximum atomic E-state index is 12.7. The number of carbonyl (C=O) groups is 1. The molecule has 5 nitrogen and oxygen atoms in total. The van der Waals surface area contributed by atoms with Gasteiger partial charge < -0.3 is 4.90 Å². The third-order valence-corrected chi connectivity index (χ3v) is 3.30. The number of amides is 1. The first kappa shape index (κ1) is 13.5. The van der Waals surface area contributed by atoms with E-state index in [2.05, 4.69) is 9.98 Å². The number of nitrogens with one attached hydrogen (secondary N) is 2. The lowest BCUT2D eigenvalue weighted by atomic mass is 10.1. The predicted octanol–water partition coefficient (Wildman–Crippen LogP) is 0.0701. The third kappa shape index (κ3) is 2.55. The van der Waals surface area contributed by atoms with Crippen LogP contribution in [0.25, 0.3) is 0 Å². The van der Waals surface area contributed by atoms with Gasteiger partial charge in [-0.2, -0.15) is 0 Å². The molecule has 0 saturated carbocycles.